The first-order valence-corrected chi connectivity index (χ1v) is 9.18. The molecule has 14 heteroatoms. The summed E-state index contributed by atoms with van der Waals surface area (Å²) in [6.07, 6.45) is -9.48. The summed E-state index contributed by atoms with van der Waals surface area (Å²) < 4.78 is 53.5. The Balaban J connectivity index is 1.71. The number of hydrogen-bond acceptors (Lipinski definition) is 9. The van der Waals surface area contributed by atoms with Crippen LogP contribution in [0.5, 0.6) is 5.75 Å². The first-order valence-electron chi connectivity index (χ1n) is 9.18. The van der Waals surface area contributed by atoms with Gasteiger partial charge in [-0.2, -0.15) is 0 Å². The number of para-hydroxylation sites is 1. The van der Waals surface area contributed by atoms with Gasteiger partial charge in [-0.15, -0.1) is 13.2 Å². The highest BCUT2D eigenvalue weighted by Gasteiger charge is 2.44. The number of rotatable bonds is 5. The predicted octanol–water partition coefficient (Wildman–Crippen LogP) is -0.290. The molecule has 0 saturated carbocycles. The molecule has 4 rings (SSSR count). The van der Waals surface area contributed by atoms with Gasteiger partial charge in [0.2, 0.25) is 5.58 Å². The van der Waals surface area contributed by atoms with E-state index in [9.17, 15) is 38.1 Å². The van der Waals surface area contributed by atoms with Crippen LogP contribution in [0.2, 0.25) is 0 Å². The van der Waals surface area contributed by atoms with E-state index < -0.39 is 61.1 Å². The van der Waals surface area contributed by atoms with Crippen molar-refractivity contribution in [3.8, 4) is 5.75 Å². The van der Waals surface area contributed by atoms with Crippen LogP contribution in [0.3, 0.4) is 0 Å². The highest BCUT2D eigenvalue weighted by Crippen LogP contribution is 2.32. The van der Waals surface area contributed by atoms with Gasteiger partial charge in [0.1, 0.15) is 24.0 Å². The van der Waals surface area contributed by atoms with E-state index in [4.69, 9.17) is 9.26 Å². The van der Waals surface area contributed by atoms with E-state index in [0.29, 0.717) is 4.57 Å². The van der Waals surface area contributed by atoms with Gasteiger partial charge in [-0.3, -0.25) is 13.9 Å². The van der Waals surface area contributed by atoms with E-state index in [0.717, 1.165) is 22.9 Å². The van der Waals surface area contributed by atoms with Crippen LogP contribution in [0.1, 0.15) is 11.9 Å². The van der Waals surface area contributed by atoms with Crippen LogP contribution in [0, 0.1) is 0 Å². The maximum Gasteiger partial charge on any atom is 0.573 e. The van der Waals surface area contributed by atoms with Crippen LogP contribution in [0.4, 0.5) is 13.2 Å². The molecule has 1 aromatic carbocycles. The van der Waals surface area contributed by atoms with Crippen molar-refractivity contribution in [1.82, 2.24) is 14.3 Å². The summed E-state index contributed by atoms with van der Waals surface area (Å²) in [5.41, 5.74) is -2.07. The molecule has 0 spiro atoms. The van der Waals surface area contributed by atoms with Gasteiger partial charge in [-0.1, -0.05) is 11.2 Å². The van der Waals surface area contributed by atoms with E-state index in [2.05, 4.69) is 9.89 Å². The van der Waals surface area contributed by atoms with Crippen molar-refractivity contribution in [2.75, 3.05) is 6.61 Å². The Hall–Kier alpha value is -3.20. The Kier molecular flexibility index (Phi) is 5.54. The Labute approximate surface area is 175 Å². The second-order valence-electron chi connectivity index (χ2n) is 6.97. The quantitative estimate of drug-likeness (QED) is 0.468. The second kappa shape index (κ2) is 8.05. The molecular formula is C18H16F3N3O8. The molecule has 0 bridgehead atoms. The number of aromatic nitrogens is 3. The molecule has 0 radical (unpaired) electrons. The van der Waals surface area contributed by atoms with Gasteiger partial charge in [-0.25, -0.2) is 4.79 Å². The van der Waals surface area contributed by atoms with Crippen molar-refractivity contribution in [3.05, 3.63) is 57.0 Å². The molecule has 0 amide bonds. The molecule has 1 saturated heterocycles. The molecular weight excluding hydrogens is 443 g/mol. The number of aliphatic hydroxyl groups is 3. The van der Waals surface area contributed by atoms with Crippen molar-refractivity contribution >= 4 is 11.0 Å². The fourth-order valence-corrected chi connectivity index (χ4v) is 3.44. The first kappa shape index (κ1) is 22.0. The molecule has 3 heterocycles. The highest BCUT2D eigenvalue weighted by molar-refractivity contribution is 5.84. The number of fused-ring (bicyclic) bond motifs is 1. The largest absolute Gasteiger partial charge is 0.573 e. The van der Waals surface area contributed by atoms with E-state index in [1.165, 1.54) is 12.1 Å². The number of benzene rings is 1. The molecule has 4 atom stereocenters. The molecule has 1 aliphatic heterocycles. The van der Waals surface area contributed by atoms with Crippen LogP contribution in [0.25, 0.3) is 11.0 Å². The Morgan fingerprint density at radius 3 is 2.56 bits per heavy atom. The Bertz CT molecular complexity index is 1250. The standard InChI is InChI=1S/C18H16F3N3O8/c19-18(20,21)31-10-3-1-2-8-9(22-32-15(8)10)6-24-12(26)4-5-23(17(24)29)16-14(28)13(27)11(7-25)30-16/h1-5,11,13-14,16,25,27-28H,6-7H2/t11-,13+,14+,16-/m1/s1. The van der Waals surface area contributed by atoms with Crippen LogP contribution in [0.15, 0.2) is 44.6 Å². The van der Waals surface area contributed by atoms with Crippen molar-refractivity contribution in [3.63, 3.8) is 0 Å². The normalized spacial score (nSPS) is 23.7. The van der Waals surface area contributed by atoms with Gasteiger partial charge >= 0.3 is 12.1 Å². The minimum Gasteiger partial charge on any atom is -0.402 e. The van der Waals surface area contributed by atoms with Crippen molar-refractivity contribution in [2.24, 2.45) is 0 Å². The number of ether oxygens (including phenoxy) is 2. The molecule has 2 aromatic heterocycles. The monoisotopic (exact) mass is 459 g/mol. The van der Waals surface area contributed by atoms with Crippen LogP contribution < -0.4 is 16.0 Å². The average molecular weight is 459 g/mol. The Morgan fingerprint density at radius 1 is 1.16 bits per heavy atom. The van der Waals surface area contributed by atoms with Crippen LogP contribution in [-0.2, 0) is 11.3 Å². The van der Waals surface area contributed by atoms with Crippen LogP contribution in [-0.4, -0.2) is 60.9 Å². The third-order valence-electron chi connectivity index (χ3n) is 4.96. The van der Waals surface area contributed by atoms with Gasteiger partial charge in [0.15, 0.2) is 12.0 Å². The van der Waals surface area contributed by atoms with E-state index in [-0.39, 0.29) is 16.7 Å². The minimum absolute atomic E-state index is 0.0225. The van der Waals surface area contributed by atoms with E-state index >= 15 is 0 Å². The maximum absolute atomic E-state index is 12.9. The zero-order valence-electron chi connectivity index (χ0n) is 16.0. The third-order valence-corrected chi connectivity index (χ3v) is 4.96. The molecule has 1 fully saturated rings. The van der Waals surface area contributed by atoms with Crippen LogP contribution >= 0.6 is 0 Å². The van der Waals surface area contributed by atoms with Gasteiger partial charge in [0.05, 0.1) is 18.5 Å². The zero-order valence-corrected chi connectivity index (χ0v) is 16.0. The van der Waals surface area contributed by atoms with Gasteiger partial charge in [0, 0.05) is 12.3 Å². The maximum atomic E-state index is 12.9. The fraction of sp³-hybridized carbons (Fsp3) is 0.389. The van der Waals surface area contributed by atoms with E-state index in [1.807, 2.05) is 0 Å². The smallest absolute Gasteiger partial charge is 0.402 e. The second-order valence-corrected chi connectivity index (χ2v) is 6.97. The summed E-state index contributed by atoms with van der Waals surface area (Å²) in [7, 11) is 0. The van der Waals surface area contributed by atoms with Gasteiger partial charge < -0.3 is 29.3 Å². The summed E-state index contributed by atoms with van der Waals surface area (Å²) >= 11 is 0. The summed E-state index contributed by atoms with van der Waals surface area (Å²) in [5.74, 6) is -0.641. The summed E-state index contributed by atoms with van der Waals surface area (Å²) in [4.78, 5) is 25.2. The van der Waals surface area contributed by atoms with Gasteiger partial charge in [0.25, 0.3) is 5.56 Å². The summed E-state index contributed by atoms with van der Waals surface area (Å²) in [5, 5.41) is 33.0. The first-order chi connectivity index (χ1) is 15.1. The number of hydrogen-bond donors (Lipinski definition) is 3. The lowest BCUT2D eigenvalue weighted by Crippen LogP contribution is -2.43. The average Bonchev–Trinajstić information content (AvgIpc) is 3.26. The summed E-state index contributed by atoms with van der Waals surface area (Å²) in [6, 6.07) is 4.66. The fourth-order valence-electron chi connectivity index (χ4n) is 3.44. The van der Waals surface area contributed by atoms with E-state index in [1.54, 1.807) is 0 Å². The highest BCUT2D eigenvalue weighted by atomic mass is 19.4. The number of aliphatic hydroxyl groups excluding tert-OH is 3. The molecule has 32 heavy (non-hydrogen) atoms. The Morgan fingerprint density at radius 2 is 1.91 bits per heavy atom. The minimum atomic E-state index is -4.97. The molecule has 3 N–H and O–H groups in total. The van der Waals surface area contributed by atoms with Crippen molar-refractivity contribution in [1.29, 1.82) is 0 Å². The lowest BCUT2D eigenvalue weighted by Gasteiger charge is -2.18. The lowest BCUT2D eigenvalue weighted by atomic mass is 10.1. The molecule has 172 valence electrons. The number of nitrogens with zero attached hydrogens (tertiary/aromatic N) is 3. The number of alkyl halides is 3. The molecule has 0 aliphatic carbocycles. The summed E-state index contributed by atoms with van der Waals surface area (Å²) in [6.45, 7) is -1.09. The SMILES string of the molecule is O=c1ccn([C@@H]2O[C@H](CO)[C@H](O)[C@@H]2O)c(=O)n1Cc1noc2c(OC(F)(F)F)cccc12. The van der Waals surface area contributed by atoms with Crippen molar-refractivity contribution in [2.45, 2.75) is 37.4 Å². The molecule has 0 unspecified atom stereocenters. The molecule has 3 aromatic rings. The third kappa shape index (κ3) is 3.88. The van der Waals surface area contributed by atoms with Crippen molar-refractivity contribution < 1.29 is 42.5 Å². The predicted molar refractivity (Wildman–Crippen MR) is 97.8 cm³/mol. The number of halogens is 3. The zero-order chi connectivity index (χ0) is 23.2. The molecule has 11 nitrogen and oxygen atoms in total. The molecule has 1 aliphatic rings. The van der Waals surface area contributed by atoms with Gasteiger partial charge in [-0.05, 0) is 12.1 Å². The topological polar surface area (TPSA) is 149 Å². The lowest BCUT2D eigenvalue weighted by molar-refractivity contribution is -0.274.